The van der Waals surface area contributed by atoms with Crippen molar-refractivity contribution in [2.24, 2.45) is 0 Å². The lowest BCUT2D eigenvalue weighted by Gasteiger charge is -2.02. The van der Waals surface area contributed by atoms with Crippen LogP contribution in [0.2, 0.25) is 0 Å². The van der Waals surface area contributed by atoms with E-state index in [9.17, 15) is 4.79 Å². The molecule has 0 bridgehead atoms. The predicted octanol–water partition coefficient (Wildman–Crippen LogP) is 1.47. The summed E-state index contributed by atoms with van der Waals surface area (Å²) in [6, 6.07) is 0. The molecule has 0 saturated heterocycles. The Kier molecular flexibility index (Phi) is 1.84. The quantitative estimate of drug-likeness (QED) is 0.638. The van der Waals surface area contributed by atoms with Gasteiger partial charge in [-0.1, -0.05) is 0 Å². The normalized spacial score (nSPS) is 10.8. The topological polar surface area (TPSA) is 47.3 Å². The minimum atomic E-state index is 0.614. The molecule has 0 amide bonds. The average Bonchev–Trinajstić information content (AvgIpc) is 2.50. The van der Waals surface area contributed by atoms with Crippen LogP contribution in [-0.4, -0.2) is 20.7 Å². The van der Waals surface area contributed by atoms with Crippen LogP contribution in [0.4, 0.5) is 0 Å². The molecule has 0 unspecified atom stereocenters. The summed E-state index contributed by atoms with van der Waals surface area (Å²) in [5.41, 5.74) is 3.90. The number of hydrogen-bond donors (Lipinski definition) is 0. The van der Waals surface area contributed by atoms with Crippen LogP contribution in [-0.2, 0) is 0 Å². The van der Waals surface area contributed by atoms with Gasteiger partial charge in [0.15, 0.2) is 11.9 Å². The molecule has 0 radical (unpaired) electrons. The first-order valence-electron chi connectivity index (χ1n) is 4.41. The van der Waals surface area contributed by atoms with E-state index in [0.717, 1.165) is 29.0 Å². The smallest absolute Gasteiger partial charge is 0.168 e. The van der Waals surface area contributed by atoms with Gasteiger partial charge < -0.3 is 0 Å². The maximum Gasteiger partial charge on any atom is 0.168 e. The van der Waals surface area contributed by atoms with Crippen molar-refractivity contribution in [2.45, 2.75) is 20.8 Å². The lowest BCUT2D eigenvalue weighted by atomic mass is 10.3. The van der Waals surface area contributed by atoms with Crippen LogP contribution in [0.15, 0.2) is 6.20 Å². The van der Waals surface area contributed by atoms with Gasteiger partial charge in [-0.05, 0) is 20.8 Å². The Balaban J connectivity index is 3.00. The Morgan fingerprint density at radius 2 is 2.00 bits per heavy atom. The van der Waals surface area contributed by atoms with E-state index in [1.54, 1.807) is 6.20 Å². The van der Waals surface area contributed by atoms with Gasteiger partial charge in [0.25, 0.3) is 0 Å². The summed E-state index contributed by atoms with van der Waals surface area (Å²) in [6.45, 7) is 5.62. The maximum atomic E-state index is 10.9. The van der Waals surface area contributed by atoms with Crippen LogP contribution in [0.1, 0.15) is 27.6 Å². The second kappa shape index (κ2) is 2.90. The van der Waals surface area contributed by atoms with Gasteiger partial charge in [0.05, 0.1) is 11.4 Å². The van der Waals surface area contributed by atoms with Gasteiger partial charge in [-0.15, -0.1) is 0 Å². The molecule has 72 valence electrons. The van der Waals surface area contributed by atoms with Gasteiger partial charge in [-0.2, -0.15) is 0 Å². The molecule has 0 N–H and O–H groups in total. The Labute approximate surface area is 81.6 Å². The average molecular weight is 189 g/mol. The number of carbonyl (C=O) groups is 1. The number of aryl methyl sites for hydroxylation is 3. The number of nitrogens with zero attached hydrogens (tertiary/aromatic N) is 3. The van der Waals surface area contributed by atoms with Gasteiger partial charge in [0.2, 0.25) is 0 Å². The fourth-order valence-corrected chi connectivity index (χ4v) is 1.59. The SMILES string of the molecule is Cc1nc2c(C)ncc(C)n2c1C=O. The molecule has 0 fully saturated rings. The van der Waals surface area contributed by atoms with E-state index in [2.05, 4.69) is 9.97 Å². The van der Waals surface area contributed by atoms with Crippen molar-refractivity contribution in [3.05, 3.63) is 29.0 Å². The van der Waals surface area contributed by atoms with E-state index < -0.39 is 0 Å². The number of rotatable bonds is 1. The third-order valence-electron chi connectivity index (χ3n) is 2.33. The third kappa shape index (κ3) is 1.04. The van der Waals surface area contributed by atoms with Crippen LogP contribution < -0.4 is 0 Å². The molecule has 2 heterocycles. The Hall–Kier alpha value is -1.71. The highest BCUT2D eigenvalue weighted by molar-refractivity contribution is 5.76. The van der Waals surface area contributed by atoms with Crippen molar-refractivity contribution < 1.29 is 4.79 Å². The van der Waals surface area contributed by atoms with Crippen molar-refractivity contribution in [3.8, 4) is 0 Å². The summed E-state index contributed by atoms with van der Waals surface area (Å²) in [4.78, 5) is 19.4. The summed E-state index contributed by atoms with van der Waals surface area (Å²) in [5, 5.41) is 0. The van der Waals surface area contributed by atoms with Crippen LogP contribution >= 0.6 is 0 Å². The molecule has 2 aromatic heterocycles. The first kappa shape index (κ1) is 8.87. The number of imidazole rings is 1. The van der Waals surface area contributed by atoms with Crippen molar-refractivity contribution in [3.63, 3.8) is 0 Å². The minimum Gasteiger partial charge on any atom is -0.296 e. The van der Waals surface area contributed by atoms with Gasteiger partial charge in [-0.3, -0.25) is 14.2 Å². The van der Waals surface area contributed by atoms with E-state index in [1.807, 2.05) is 25.2 Å². The van der Waals surface area contributed by atoms with Crippen LogP contribution in [0.25, 0.3) is 5.65 Å². The number of carbonyl (C=O) groups excluding carboxylic acids is 1. The zero-order valence-electron chi connectivity index (χ0n) is 8.40. The Bertz CT molecular complexity index is 514. The monoisotopic (exact) mass is 189 g/mol. The molecular weight excluding hydrogens is 178 g/mol. The van der Waals surface area contributed by atoms with Gasteiger partial charge in [-0.25, -0.2) is 4.98 Å². The van der Waals surface area contributed by atoms with Crippen LogP contribution in [0, 0.1) is 20.8 Å². The molecule has 4 heteroatoms. The number of fused-ring (bicyclic) bond motifs is 1. The number of aldehydes is 1. The predicted molar refractivity (Wildman–Crippen MR) is 52.6 cm³/mol. The lowest BCUT2D eigenvalue weighted by molar-refractivity contribution is 0.111. The Morgan fingerprint density at radius 1 is 1.29 bits per heavy atom. The highest BCUT2D eigenvalue weighted by Gasteiger charge is 2.11. The van der Waals surface area contributed by atoms with Crippen molar-refractivity contribution in [2.75, 3.05) is 0 Å². The van der Waals surface area contributed by atoms with Crippen LogP contribution in [0.3, 0.4) is 0 Å². The van der Waals surface area contributed by atoms with Gasteiger partial charge in [0, 0.05) is 11.9 Å². The molecule has 14 heavy (non-hydrogen) atoms. The van der Waals surface area contributed by atoms with Crippen LogP contribution in [0.5, 0.6) is 0 Å². The first-order chi connectivity index (χ1) is 6.65. The highest BCUT2D eigenvalue weighted by Crippen LogP contribution is 2.14. The second-order valence-corrected chi connectivity index (χ2v) is 3.34. The largest absolute Gasteiger partial charge is 0.296 e. The van der Waals surface area contributed by atoms with E-state index in [4.69, 9.17) is 0 Å². The van der Waals surface area contributed by atoms with E-state index >= 15 is 0 Å². The number of aromatic nitrogens is 3. The summed E-state index contributed by atoms with van der Waals surface area (Å²) in [6.07, 6.45) is 2.58. The van der Waals surface area contributed by atoms with E-state index in [-0.39, 0.29) is 0 Å². The zero-order chi connectivity index (χ0) is 10.3. The third-order valence-corrected chi connectivity index (χ3v) is 2.33. The first-order valence-corrected chi connectivity index (χ1v) is 4.41. The highest BCUT2D eigenvalue weighted by atomic mass is 16.1. The second-order valence-electron chi connectivity index (χ2n) is 3.34. The fraction of sp³-hybridized carbons (Fsp3) is 0.300. The van der Waals surface area contributed by atoms with Crippen molar-refractivity contribution in [1.29, 1.82) is 0 Å². The minimum absolute atomic E-state index is 0.614. The van der Waals surface area contributed by atoms with E-state index in [1.165, 1.54) is 0 Å². The lowest BCUT2D eigenvalue weighted by Crippen LogP contribution is -1.99. The molecule has 0 atom stereocenters. The number of hydrogen-bond acceptors (Lipinski definition) is 3. The molecule has 0 aromatic carbocycles. The molecule has 2 rings (SSSR count). The maximum absolute atomic E-state index is 10.9. The Morgan fingerprint density at radius 3 is 2.64 bits per heavy atom. The summed E-state index contributed by atoms with van der Waals surface area (Å²) in [7, 11) is 0. The summed E-state index contributed by atoms with van der Waals surface area (Å²) >= 11 is 0. The zero-order valence-corrected chi connectivity index (χ0v) is 8.40. The van der Waals surface area contributed by atoms with Gasteiger partial charge >= 0.3 is 0 Å². The van der Waals surface area contributed by atoms with E-state index in [0.29, 0.717) is 5.69 Å². The molecule has 4 nitrogen and oxygen atoms in total. The molecule has 0 saturated carbocycles. The molecule has 0 aliphatic heterocycles. The molecular formula is C10H11N3O. The molecule has 0 aliphatic rings. The molecule has 0 spiro atoms. The molecule has 0 aliphatic carbocycles. The van der Waals surface area contributed by atoms with Crippen molar-refractivity contribution >= 4 is 11.9 Å². The summed E-state index contributed by atoms with van der Waals surface area (Å²) in [5.74, 6) is 0. The fourth-order valence-electron chi connectivity index (χ4n) is 1.59. The van der Waals surface area contributed by atoms with Gasteiger partial charge in [0.1, 0.15) is 5.69 Å². The van der Waals surface area contributed by atoms with Crippen molar-refractivity contribution in [1.82, 2.24) is 14.4 Å². The molecule has 2 aromatic rings. The standard InChI is InChI=1S/C10H11N3O/c1-6-4-11-8(3)10-12-7(2)9(5-14)13(6)10/h4-5H,1-3H3. The summed E-state index contributed by atoms with van der Waals surface area (Å²) < 4.78 is 1.84.